The van der Waals surface area contributed by atoms with Crippen molar-refractivity contribution < 1.29 is 19.1 Å². The van der Waals surface area contributed by atoms with Crippen molar-refractivity contribution in [3.63, 3.8) is 0 Å². The molecule has 0 bridgehead atoms. The Bertz CT molecular complexity index is 1490. The maximum absolute atomic E-state index is 14.0. The first-order valence-electron chi connectivity index (χ1n) is 11.6. The Labute approximate surface area is 222 Å². The number of aromatic amines is 1. The predicted octanol–water partition coefficient (Wildman–Crippen LogP) is 3.54. The van der Waals surface area contributed by atoms with Crippen LogP contribution in [0.1, 0.15) is 16.8 Å². The number of halogens is 2. The highest BCUT2D eigenvalue weighted by atomic mass is 35.5. The fraction of sp³-hybridized carbons (Fsp3) is 0.269. The molecule has 192 valence electrons. The Hall–Kier alpha value is -3.37. The maximum atomic E-state index is 14.0. The lowest BCUT2D eigenvalue weighted by Gasteiger charge is -2.29. The minimum atomic E-state index is -0.577. The molecular weight excluding hydrogens is 519 g/mol. The zero-order chi connectivity index (χ0) is 26.3. The molecule has 1 saturated heterocycles. The van der Waals surface area contributed by atoms with E-state index in [0.717, 1.165) is 10.5 Å². The third-order valence-electron chi connectivity index (χ3n) is 6.31. The van der Waals surface area contributed by atoms with Crippen LogP contribution in [0.2, 0.25) is 10.0 Å². The van der Waals surface area contributed by atoms with Crippen LogP contribution in [0.15, 0.2) is 53.0 Å². The molecule has 1 N–H and O–H groups in total. The lowest BCUT2D eigenvalue weighted by Crippen LogP contribution is -2.40. The van der Waals surface area contributed by atoms with E-state index >= 15 is 0 Å². The first-order valence-corrected chi connectivity index (χ1v) is 12.4. The number of amides is 2. The molecule has 3 heterocycles. The minimum Gasteiger partial charge on any atom is -0.378 e. The summed E-state index contributed by atoms with van der Waals surface area (Å²) in [6, 6.07) is 11.9. The number of imide groups is 1. The van der Waals surface area contributed by atoms with Crippen LogP contribution in [0, 0.1) is 6.92 Å². The number of carbonyl (C=O) groups is 2. The van der Waals surface area contributed by atoms with Gasteiger partial charge in [-0.15, -0.1) is 0 Å². The Kier molecular flexibility index (Phi) is 6.96. The summed E-state index contributed by atoms with van der Waals surface area (Å²) in [5.74, 6) is -1.07. The Morgan fingerprint density at radius 1 is 0.973 bits per heavy atom. The van der Waals surface area contributed by atoms with Gasteiger partial charge in [-0.05, 0) is 42.8 Å². The average molecular weight is 543 g/mol. The highest BCUT2D eigenvalue weighted by Crippen LogP contribution is 2.36. The molecule has 1 fully saturated rings. The molecule has 2 amide bonds. The lowest BCUT2D eigenvalue weighted by atomic mass is 10.0. The summed E-state index contributed by atoms with van der Waals surface area (Å²) in [5.41, 5.74) is 1.86. The average Bonchev–Trinajstić information content (AvgIpc) is 3.33. The Balaban J connectivity index is 1.73. The van der Waals surface area contributed by atoms with E-state index in [4.69, 9.17) is 32.7 Å². The van der Waals surface area contributed by atoms with Crippen molar-refractivity contribution in [2.24, 2.45) is 0 Å². The third-order valence-corrected chi connectivity index (χ3v) is 7.05. The molecule has 2 aliphatic rings. The number of carbonyl (C=O) groups excluding carboxylic acids is 2. The van der Waals surface area contributed by atoms with Gasteiger partial charge < -0.3 is 14.4 Å². The number of methoxy groups -OCH3 is 1. The highest BCUT2D eigenvalue weighted by molar-refractivity contribution is 6.45. The van der Waals surface area contributed by atoms with Crippen LogP contribution in [-0.4, -0.2) is 59.9 Å². The van der Waals surface area contributed by atoms with Crippen LogP contribution in [0.3, 0.4) is 0 Å². The van der Waals surface area contributed by atoms with Crippen LogP contribution in [-0.2, 0) is 25.7 Å². The number of rotatable bonds is 6. The first-order chi connectivity index (χ1) is 17.8. The van der Waals surface area contributed by atoms with Crippen molar-refractivity contribution in [2.45, 2.75) is 13.5 Å². The van der Waals surface area contributed by atoms with E-state index in [2.05, 4.69) is 5.10 Å². The SMILES string of the molecule is COCc1[nH]n(-c2ccc(Cl)c(Cl)c2)c(=O)c1C1=C(N2CCOCC2)C(=O)N(c2cccc(C)c2)C1=O. The second kappa shape index (κ2) is 10.2. The minimum absolute atomic E-state index is 0.00466. The van der Waals surface area contributed by atoms with Gasteiger partial charge in [0.05, 0.1) is 58.1 Å². The Morgan fingerprint density at radius 2 is 1.73 bits per heavy atom. The molecule has 0 unspecified atom stereocenters. The van der Waals surface area contributed by atoms with Crippen molar-refractivity contribution in [3.05, 3.63) is 85.4 Å². The number of nitrogens with one attached hydrogen (secondary N) is 1. The summed E-state index contributed by atoms with van der Waals surface area (Å²) in [7, 11) is 1.48. The summed E-state index contributed by atoms with van der Waals surface area (Å²) in [4.78, 5) is 44.6. The molecule has 2 aliphatic heterocycles. The van der Waals surface area contributed by atoms with Crippen LogP contribution in [0.5, 0.6) is 0 Å². The molecule has 0 aliphatic carbocycles. The molecular formula is C26H24Cl2N4O5. The normalized spacial score (nSPS) is 16.3. The number of hydrogen-bond donors (Lipinski definition) is 1. The predicted molar refractivity (Wildman–Crippen MR) is 140 cm³/mol. The standard InChI is InChI=1S/C26H24Cl2N4O5/c1-15-4-3-5-16(12-15)31-24(33)22(23(26(31)35)30-8-10-37-11-9-30)21-20(14-36-2)29-32(25(21)34)17-6-7-18(27)19(28)13-17/h3-7,12-13,29H,8-11,14H2,1-2H3. The van der Waals surface area contributed by atoms with Crippen molar-refractivity contribution in [2.75, 3.05) is 38.3 Å². The smallest absolute Gasteiger partial charge is 0.282 e. The van der Waals surface area contributed by atoms with Gasteiger partial charge in [-0.2, -0.15) is 0 Å². The maximum Gasteiger partial charge on any atom is 0.282 e. The molecule has 9 nitrogen and oxygen atoms in total. The monoisotopic (exact) mass is 542 g/mol. The van der Waals surface area contributed by atoms with Gasteiger partial charge in [-0.25, -0.2) is 9.58 Å². The molecule has 37 heavy (non-hydrogen) atoms. The molecule has 3 aromatic rings. The number of nitrogens with zero attached hydrogens (tertiary/aromatic N) is 3. The molecule has 11 heteroatoms. The number of H-pyrrole nitrogens is 1. The fourth-order valence-corrected chi connectivity index (χ4v) is 4.91. The number of aromatic nitrogens is 2. The van der Waals surface area contributed by atoms with Gasteiger partial charge in [-0.1, -0.05) is 35.3 Å². The van der Waals surface area contributed by atoms with E-state index in [-0.39, 0.29) is 28.5 Å². The van der Waals surface area contributed by atoms with E-state index in [1.165, 1.54) is 11.8 Å². The summed E-state index contributed by atoms with van der Waals surface area (Å²) in [6.07, 6.45) is 0. The molecule has 0 radical (unpaired) electrons. The largest absolute Gasteiger partial charge is 0.378 e. The molecule has 5 rings (SSSR count). The van der Waals surface area contributed by atoms with Crippen LogP contribution in [0.4, 0.5) is 5.69 Å². The van der Waals surface area contributed by atoms with Crippen molar-refractivity contribution in [1.82, 2.24) is 14.7 Å². The van der Waals surface area contributed by atoms with Gasteiger partial charge in [0.2, 0.25) is 0 Å². The number of anilines is 1. The second-order valence-corrected chi connectivity index (χ2v) is 9.56. The van der Waals surface area contributed by atoms with Crippen molar-refractivity contribution in [3.8, 4) is 5.69 Å². The van der Waals surface area contributed by atoms with E-state index < -0.39 is 17.4 Å². The van der Waals surface area contributed by atoms with Gasteiger partial charge in [-0.3, -0.25) is 19.5 Å². The molecule has 0 spiro atoms. The first kappa shape index (κ1) is 25.3. The van der Waals surface area contributed by atoms with Crippen molar-refractivity contribution >= 4 is 46.3 Å². The Morgan fingerprint density at radius 3 is 2.41 bits per heavy atom. The zero-order valence-electron chi connectivity index (χ0n) is 20.2. The number of aryl methyl sites for hydroxylation is 1. The number of hydrogen-bond acceptors (Lipinski definition) is 6. The highest BCUT2D eigenvalue weighted by Gasteiger charge is 2.45. The molecule has 0 atom stereocenters. The van der Waals surface area contributed by atoms with E-state index in [0.29, 0.717) is 48.4 Å². The van der Waals surface area contributed by atoms with Crippen LogP contribution < -0.4 is 10.5 Å². The summed E-state index contributed by atoms with van der Waals surface area (Å²) in [5, 5.41) is 3.63. The zero-order valence-corrected chi connectivity index (χ0v) is 21.7. The van der Waals surface area contributed by atoms with Crippen molar-refractivity contribution in [1.29, 1.82) is 0 Å². The van der Waals surface area contributed by atoms with Gasteiger partial charge in [0, 0.05) is 20.2 Å². The molecule has 2 aromatic carbocycles. The topological polar surface area (TPSA) is 96.9 Å². The lowest BCUT2D eigenvalue weighted by molar-refractivity contribution is -0.121. The van der Waals surface area contributed by atoms with Gasteiger partial charge in [0.1, 0.15) is 5.70 Å². The summed E-state index contributed by atoms with van der Waals surface area (Å²) >= 11 is 12.3. The van der Waals surface area contributed by atoms with Gasteiger partial charge in [0.25, 0.3) is 17.4 Å². The molecule has 0 saturated carbocycles. The van der Waals surface area contributed by atoms with Crippen LogP contribution in [0.25, 0.3) is 11.3 Å². The summed E-state index contributed by atoms with van der Waals surface area (Å²) < 4.78 is 12.1. The van der Waals surface area contributed by atoms with Gasteiger partial charge >= 0.3 is 0 Å². The summed E-state index contributed by atoms with van der Waals surface area (Å²) in [6.45, 7) is 3.49. The fourth-order valence-electron chi connectivity index (χ4n) is 4.62. The van der Waals surface area contributed by atoms with Gasteiger partial charge in [0.15, 0.2) is 0 Å². The quantitative estimate of drug-likeness (QED) is 0.478. The number of ether oxygens (including phenoxy) is 2. The van der Waals surface area contributed by atoms with E-state index in [1.807, 2.05) is 13.0 Å². The molecule has 1 aromatic heterocycles. The number of morpholine rings is 1. The third kappa shape index (κ3) is 4.48. The van der Waals surface area contributed by atoms with E-state index in [9.17, 15) is 14.4 Å². The van der Waals surface area contributed by atoms with Crippen LogP contribution >= 0.6 is 23.2 Å². The number of benzene rings is 2. The second-order valence-electron chi connectivity index (χ2n) is 8.75. The van der Waals surface area contributed by atoms with E-state index in [1.54, 1.807) is 41.3 Å².